The van der Waals surface area contributed by atoms with Crippen LogP contribution >= 0.6 is 0 Å². The van der Waals surface area contributed by atoms with E-state index in [1.165, 1.54) is 12.5 Å². The molecule has 0 aliphatic carbocycles. The van der Waals surface area contributed by atoms with Gasteiger partial charge in [0.25, 0.3) is 0 Å². The molecular weight excluding hydrogens is 293 g/mol. The normalized spacial score (nSPS) is 27.9. The number of nitrogens with zero attached hydrogens (tertiary/aromatic N) is 2. The summed E-state index contributed by atoms with van der Waals surface area (Å²) in [5.41, 5.74) is 0.896. The molecule has 124 valence electrons. The van der Waals surface area contributed by atoms with E-state index in [0.717, 1.165) is 57.4 Å². The van der Waals surface area contributed by atoms with Crippen molar-refractivity contribution >= 4 is 5.91 Å². The van der Waals surface area contributed by atoms with Crippen molar-refractivity contribution in [3.05, 3.63) is 35.6 Å². The number of nitrogens with one attached hydrogen (secondary N) is 1. The predicted molar refractivity (Wildman–Crippen MR) is 86.1 cm³/mol. The van der Waals surface area contributed by atoms with E-state index >= 15 is 0 Å². The molecule has 0 bridgehead atoms. The van der Waals surface area contributed by atoms with Crippen LogP contribution in [0, 0.1) is 5.82 Å². The number of carbonyl (C=O) groups excluding carboxylic acids is 1. The zero-order valence-electron chi connectivity index (χ0n) is 13.4. The van der Waals surface area contributed by atoms with Crippen LogP contribution in [0.4, 0.5) is 4.39 Å². The highest BCUT2D eigenvalue weighted by atomic mass is 19.1. The van der Waals surface area contributed by atoms with Crippen LogP contribution in [-0.4, -0.2) is 47.0 Å². The summed E-state index contributed by atoms with van der Waals surface area (Å²) >= 11 is 0. The lowest BCUT2D eigenvalue weighted by atomic mass is 9.93. The van der Waals surface area contributed by atoms with Gasteiger partial charge in [0.1, 0.15) is 5.82 Å². The first-order valence-electron chi connectivity index (χ1n) is 8.72. The molecule has 3 heterocycles. The third kappa shape index (κ3) is 2.76. The number of likely N-dealkylation sites (tertiary alicyclic amines) is 1. The monoisotopic (exact) mass is 317 g/mol. The van der Waals surface area contributed by atoms with Crippen LogP contribution < -0.4 is 5.32 Å². The second-order valence-corrected chi connectivity index (χ2v) is 7.13. The Morgan fingerprint density at radius 1 is 1.22 bits per heavy atom. The molecule has 3 aliphatic heterocycles. The topological polar surface area (TPSA) is 35.6 Å². The fourth-order valence-electron chi connectivity index (χ4n) is 4.49. The number of halogens is 1. The molecule has 0 saturated carbocycles. The van der Waals surface area contributed by atoms with Crippen LogP contribution in [0.15, 0.2) is 24.3 Å². The highest BCUT2D eigenvalue weighted by molar-refractivity contribution is 5.85. The molecule has 0 radical (unpaired) electrons. The smallest absolute Gasteiger partial charge is 0.238 e. The van der Waals surface area contributed by atoms with Gasteiger partial charge in [-0.15, -0.1) is 0 Å². The Labute approximate surface area is 136 Å². The molecule has 1 amide bonds. The molecular formula is C18H24FN3O. The summed E-state index contributed by atoms with van der Waals surface area (Å²) in [6.07, 6.45) is 5.28. The Hall–Kier alpha value is -1.46. The minimum absolute atomic E-state index is 0.0959. The van der Waals surface area contributed by atoms with Crippen molar-refractivity contribution in [1.29, 1.82) is 0 Å². The van der Waals surface area contributed by atoms with Gasteiger partial charge in [0.15, 0.2) is 0 Å². The molecule has 1 unspecified atom stereocenters. The fourth-order valence-corrected chi connectivity index (χ4v) is 4.49. The minimum atomic E-state index is -0.171. The van der Waals surface area contributed by atoms with E-state index in [9.17, 15) is 9.18 Å². The molecule has 1 N–H and O–H groups in total. The van der Waals surface area contributed by atoms with E-state index in [2.05, 4.69) is 15.1 Å². The highest BCUT2D eigenvalue weighted by Gasteiger charge is 2.52. The molecule has 4 rings (SSSR count). The number of piperidine rings is 2. The van der Waals surface area contributed by atoms with E-state index in [1.807, 2.05) is 6.07 Å². The van der Waals surface area contributed by atoms with Gasteiger partial charge in [-0.1, -0.05) is 18.6 Å². The Kier molecular flexibility index (Phi) is 3.85. The van der Waals surface area contributed by atoms with E-state index in [4.69, 9.17) is 0 Å². The Bertz CT molecular complexity index is 598. The SMILES string of the molecule is O=C1NC2(CCN(Cc3cccc(F)c3)CC2)N2CCCCC12. The number of hydrogen-bond donors (Lipinski definition) is 1. The van der Waals surface area contributed by atoms with Gasteiger partial charge in [-0.25, -0.2) is 4.39 Å². The van der Waals surface area contributed by atoms with Gasteiger partial charge in [0, 0.05) is 26.2 Å². The van der Waals surface area contributed by atoms with Crippen LogP contribution in [0.25, 0.3) is 0 Å². The van der Waals surface area contributed by atoms with E-state index < -0.39 is 0 Å². The first-order chi connectivity index (χ1) is 11.2. The standard InChI is InChI=1S/C18H24FN3O/c19-15-5-3-4-14(12-15)13-21-10-7-18(8-11-21)20-17(23)16-6-1-2-9-22(16)18/h3-5,12,16H,1-2,6-11,13H2,(H,20,23). The summed E-state index contributed by atoms with van der Waals surface area (Å²) in [6.45, 7) is 3.71. The zero-order chi connectivity index (χ0) is 15.9. The van der Waals surface area contributed by atoms with Gasteiger partial charge in [0.2, 0.25) is 5.91 Å². The van der Waals surface area contributed by atoms with Crippen LogP contribution in [0.1, 0.15) is 37.7 Å². The summed E-state index contributed by atoms with van der Waals surface area (Å²) in [6, 6.07) is 6.94. The first-order valence-corrected chi connectivity index (χ1v) is 8.72. The predicted octanol–water partition coefficient (Wildman–Crippen LogP) is 2.10. The number of hydrogen-bond acceptors (Lipinski definition) is 3. The summed E-state index contributed by atoms with van der Waals surface area (Å²) in [7, 11) is 0. The zero-order valence-corrected chi connectivity index (χ0v) is 13.4. The largest absolute Gasteiger partial charge is 0.336 e. The Balaban J connectivity index is 1.41. The van der Waals surface area contributed by atoms with Crippen molar-refractivity contribution in [1.82, 2.24) is 15.1 Å². The molecule has 1 aromatic rings. The molecule has 1 aromatic carbocycles. The highest BCUT2D eigenvalue weighted by Crippen LogP contribution is 2.37. The second kappa shape index (κ2) is 5.87. The van der Waals surface area contributed by atoms with Crippen molar-refractivity contribution in [3.8, 4) is 0 Å². The van der Waals surface area contributed by atoms with Crippen LogP contribution in [-0.2, 0) is 11.3 Å². The third-order valence-corrected chi connectivity index (χ3v) is 5.69. The minimum Gasteiger partial charge on any atom is -0.336 e. The van der Waals surface area contributed by atoms with E-state index in [1.54, 1.807) is 12.1 Å². The molecule has 23 heavy (non-hydrogen) atoms. The lowest BCUT2D eigenvalue weighted by Gasteiger charge is -2.46. The van der Waals surface area contributed by atoms with Crippen molar-refractivity contribution in [3.63, 3.8) is 0 Å². The second-order valence-electron chi connectivity index (χ2n) is 7.13. The summed E-state index contributed by atoms with van der Waals surface area (Å²) in [4.78, 5) is 17.1. The summed E-state index contributed by atoms with van der Waals surface area (Å²) in [5, 5.41) is 3.31. The maximum Gasteiger partial charge on any atom is 0.238 e. The van der Waals surface area contributed by atoms with Crippen LogP contribution in [0.3, 0.4) is 0 Å². The van der Waals surface area contributed by atoms with Crippen molar-refractivity contribution in [2.24, 2.45) is 0 Å². The van der Waals surface area contributed by atoms with Gasteiger partial charge in [-0.05, 0) is 43.4 Å². The van der Waals surface area contributed by atoms with Crippen molar-refractivity contribution in [2.75, 3.05) is 19.6 Å². The van der Waals surface area contributed by atoms with Crippen molar-refractivity contribution in [2.45, 2.75) is 50.4 Å². The van der Waals surface area contributed by atoms with Crippen LogP contribution in [0.2, 0.25) is 0 Å². The van der Waals surface area contributed by atoms with Crippen LogP contribution in [0.5, 0.6) is 0 Å². The quantitative estimate of drug-likeness (QED) is 0.907. The molecule has 1 spiro atoms. The van der Waals surface area contributed by atoms with Crippen molar-refractivity contribution < 1.29 is 9.18 Å². The summed E-state index contributed by atoms with van der Waals surface area (Å²) in [5.74, 6) is 0.0541. The molecule has 3 fully saturated rings. The Morgan fingerprint density at radius 3 is 2.83 bits per heavy atom. The van der Waals surface area contributed by atoms with Gasteiger partial charge in [0.05, 0.1) is 11.7 Å². The maximum absolute atomic E-state index is 13.3. The van der Waals surface area contributed by atoms with E-state index in [0.29, 0.717) is 0 Å². The number of rotatable bonds is 2. The maximum atomic E-state index is 13.3. The average molecular weight is 317 g/mol. The first kappa shape index (κ1) is 15.1. The molecule has 0 aromatic heterocycles. The molecule has 3 saturated heterocycles. The fraction of sp³-hybridized carbons (Fsp3) is 0.611. The molecule has 5 heteroatoms. The van der Waals surface area contributed by atoms with Gasteiger partial charge in [-0.3, -0.25) is 14.6 Å². The van der Waals surface area contributed by atoms with Gasteiger partial charge < -0.3 is 5.32 Å². The molecule has 4 nitrogen and oxygen atoms in total. The Morgan fingerprint density at radius 2 is 2.04 bits per heavy atom. The molecule has 1 atom stereocenters. The third-order valence-electron chi connectivity index (χ3n) is 5.69. The lowest BCUT2D eigenvalue weighted by Crippen LogP contribution is -2.59. The van der Waals surface area contributed by atoms with Gasteiger partial charge >= 0.3 is 0 Å². The van der Waals surface area contributed by atoms with E-state index in [-0.39, 0.29) is 23.4 Å². The van der Waals surface area contributed by atoms with Gasteiger partial charge in [-0.2, -0.15) is 0 Å². The number of fused-ring (bicyclic) bond motifs is 2. The number of amides is 1. The lowest BCUT2D eigenvalue weighted by molar-refractivity contribution is -0.122. The average Bonchev–Trinajstić information content (AvgIpc) is 2.83. The number of benzene rings is 1. The number of carbonyl (C=O) groups is 1. The summed E-state index contributed by atoms with van der Waals surface area (Å²) < 4.78 is 13.3. The molecule has 3 aliphatic rings.